The summed E-state index contributed by atoms with van der Waals surface area (Å²) in [7, 11) is 1.58. The zero-order valence-corrected chi connectivity index (χ0v) is 10.8. The highest BCUT2D eigenvalue weighted by atomic mass is 79.9. The minimum Gasteiger partial charge on any atom is -0.497 e. The summed E-state index contributed by atoms with van der Waals surface area (Å²) in [6.45, 7) is 0. The van der Waals surface area contributed by atoms with Gasteiger partial charge in [0.2, 0.25) is 0 Å². The van der Waals surface area contributed by atoms with E-state index in [1.54, 1.807) is 13.2 Å². The molecule has 1 rings (SSSR count). The molecule has 0 heterocycles. The third-order valence-electron chi connectivity index (χ3n) is 2.08. The summed E-state index contributed by atoms with van der Waals surface area (Å²) in [5.41, 5.74) is 1.51. The maximum Gasteiger partial charge on any atom is 0.164 e. The number of halogens is 2. The topological polar surface area (TPSA) is 26.3 Å². The fourth-order valence-electron chi connectivity index (χ4n) is 1.28. The van der Waals surface area contributed by atoms with Crippen LogP contribution in [-0.2, 0) is 5.88 Å². The smallest absolute Gasteiger partial charge is 0.164 e. The summed E-state index contributed by atoms with van der Waals surface area (Å²) in [5, 5.41) is 0.658. The van der Waals surface area contributed by atoms with Gasteiger partial charge in [-0.05, 0) is 17.7 Å². The van der Waals surface area contributed by atoms with E-state index in [-0.39, 0.29) is 5.78 Å². The van der Waals surface area contributed by atoms with Gasteiger partial charge in [-0.25, -0.2) is 0 Å². The van der Waals surface area contributed by atoms with Crippen molar-refractivity contribution in [3.05, 3.63) is 29.3 Å². The Labute approximate surface area is 103 Å². The number of hydrogen-bond acceptors (Lipinski definition) is 2. The molecule has 0 unspecified atom stereocenters. The number of rotatable bonds is 5. The Morgan fingerprint density at radius 1 is 1.53 bits per heavy atom. The zero-order chi connectivity index (χ0) is 11.3. The van der Waals surface area contributed by atoms with Crippen molar-refractivity contribution < 1.29 is 9.53 Å². The van der Waals surface area contributed by atoms with Crippen LogP contribution in [-0.4, -0.2) is 18.2 Å². The maximum absolute atomic E-state index is 11.7. The van der Waals surface area contributed by atoms with E-state index in [2.05, 4.69) is 15.9 Å². The Kier molecular flexibility index (Phi) is 5.12. The number of ether oxygens (including phenoxy) is 1. The minimum absolute atomic E-state index is 0.0847. The molecule has 0 aliphatic carbocycles. The molecule has 1 aromatic rings. The van der Waals surface area contributed by atoms with E-state index in [0.717, 1.165) is 5.56 Å². The fourth-order valence-corrected chi connectivity index (χ4v) is 1.87. The molecule has 0 atom stereocenters. The molecule has 0 spiro atoms. The van der Waals surface area contributed by atoms with Gasteiger partial charge in [0.05, 0.1) is 7.11 Å². The second kappa shape index (κ2) is 6.13. The van der Waals surface area contributed by atoms with E-state index in [0.29, 0.717) is 28.9 Å². The van der Waals surface area contributed by atoms with Gasteiger partial charge in [0.1, 0.15) is 5.75 Å². The van der Waals surface area contributed by atoms with Crippen LogP contribution in [0.5, 0.6) is 5.75 Å². The summed E-state index contributed by atoms with van der Waals surface area (Å²) >= 11 is 9.01. The van der Waals surface area contributed by atoms with E-state index in [1.165, 1.54) is 0 Å². The van der Waals surface area contributed by atoms with Gasteiger partial charge < -0.3 is 4.74 Å². The van der Waals surface area contributed by atoms with Gasteiger partial charge in [0, 0.05) is 23.2 Å². The van der Waals surface area contributed by atoms with Gasteiger partial charge in [0.15, 0.2) is 5.78 Å². The summed E-state index contributed by atoms with van der Waals surface area (Å²) in [6, 6.07) is 5.37. The van der Waals surface area contributed by atoms with Crippen LogP contribution in [0, 0.1) is 0 Å². The first-order valence-corrected chi connectivity index (χ1v) is 6.20. The predicted molar refractivity (Wildman–Crippen MR) is 65.3 cm³/mol. The van der Waals surface area contributed by atoms with E-state index in [4.69, 9.17) is 16.3 Å². The van der Waals surface area contributed by atoms with Gasteiger partial charge in [0.25, 0.3) is 0 Å². The Morgan fingerprint density at radius 3 is 2.80 bits per heavy atom. The van der Waals surface area contributed by atoms with Gasteiger partial charge in [-0.15, -0.1) is 11.6 Å². The SMILES string of the molecule is COc1ccc(CCl)c(C(=O)CCBr)c1. The van der Waals surface area contributed by atoms with E-state index in [1.807, 2.05) is 12.1 Å². The van der Waals surface area contributed by atoms with E-state index >= 15 is 0 Å². The number of alkyl halides is 2. The summed E-state index contributed by atoms with van der Waals surface area (Å²) in [4.78, 5) is 11.7. The molecule has 0 N–H and O–H groups in total. The fraction of sp³-hybridized carbons (Fsp3) is 0.364. The molecular weight excluding hydrogens is 279 g/mol. The van der Waals surface area contributed by atoms with Crippen LogP contribution >= 0.6 is 27.5 Å². The van der Waals surface area contributed by atoms with Gasteiger partial charge >= 0.3 is 0 Å². The highest BCUT2D eigenvalue weighted by molar-refractivity contribution is 9.09. The molecule has 15 heavy (non-hydrogen) atoms. The first-order chi connectivity index (χ1) is 7.22. The van der Waals surface area contributed by atoms with Crippen LogP contribution in [0.1, 0.15) is 22.3 Å². The van der Waals surface area contributed by atoms with Crippen molar-refractivity contribution in [2.45, 2.75) is 12.3 Å². The standard InChI is InChI=1S/C11H12BrClO2/c1-15-9-3-2-8(7-13)10(6-9)11(14)4-5-12/h2-3,6H,4-5,7H2,1H3. The van der Waals surface area contributed by atoms with Crippen molar-refractivity contribution >= 4 is 33.3 Å². The molecule has 0 aromatic heterocycles. The zero-order valence-electron chi connectivity index (χ0n) is 8.43. The molecule has 0 bridgehead atoms. The highest BCUT2D eigenvalue weighted by Gasteiger charge is 2.11. The van der Waals surface area contributed by atoms with Crippen molar-refractivity contribution in [1.29, 1.82) is 0 Å². The number of Topliss-reactive ketones (excluding diaryl/α,β-unsaturated/α-hetero) is 1. The van der Waals surface area contributed by atoms with Crippen LogP contribution in [0.15, 0.2) is 18.2 Å². The van der Waals surface area contributed by atoms with Gasteiger partial charge in [-0.2, -0.15) is 0 Å². The van der Waals surface area contributed by atoms with Crippen LogP contribution in [0.3, 0.4) is 0 Å². The molecular formula is C11H12BrClO2. The first kappa shape index (κ1) is 12.5. The van der Waals surface area contributed by atoms with Crippen molar-refractivity contribution in [3.8, 4) is 5.75 Å². The quantitative estimate of drug-likeness (QED) is 0.614. The number of carbonyl (C=O) groups is 1. The van der Waals surface area contributed by atoms with Crippen molar-refractivity contribution in [3.63, 3.8) is 0 Å². The summed E-state index contributed by atoms with van der Waals surface area (Å²) in [6.07, 6.45) is 0.469. The lowest BCUT2D eigenvalue weighted by molar-refractivity contribution is 0.0989. The van der Waals surface area contributed by atoms with Crippen LogP contribution in [0.25, 0.3) is 0 Å². The molecule has 0 saturated heterocycles. The third-order valence-corrected chi connectivity index (χ3v) is 2.77. The molecule has 0 radical (unpaired) electrons. The molecule has 0 fully saturated rings. The van der Waals surface area contributed by atoms with Crippen LogP contribution in [0.4, 0.5) is 0 Å². The first-order valence-electron chi connectivity index (χ1n) is 4.55. The average molecular weight is 292 g/mol. The molecule has 0 amide bonds. The normalized spacial score (nSPS) is 10.1. The number of hydrogen-bond donors (Lipinski definition) is 0. The molecule has 0 saturated carbocycles. The molecule has 0 aliphatic rings. The van der Waals surface area contributed by atoms with E-state index < -0.39 is 0 Å². The lowest BCUT2D eigenvalue weighted by Crippen LogP contribution is -2.04. The Balaban J connectivity index is 3.05. The Hall–Kier alpha value is -0.540. The monoisotopic (exact) mass is 290 g/mol. The Bertz CT molecular complexity index is 352. The van der Waals surface area contributed by atoms with Crippen molar-refractivity contribution in [2.75, 3.05) is 12.4 Å². The minimum atomic E-state index is 0.0847. The van der Waals surface area contributed by atoms with Gasteiger partial charge in [-0.1, -0.05) is 22.0 Å². The summed E-state index contributed by atoms with van der Waals surface area (Å²) < 4.78 is 5.08. The molecule has 4 heteroatoms. The number of methoxy groups -OCH3 is 1. The number of ketones is 1. The molecule has 1 aromatic carbocycles. The number of benzene rings is 1. The van der Waals surface area contributed by atoms with Crippen molar-refractivity contribution in [2.24, 2.45) is 0 Å². The predicted octanol–water partition coefficient (Wildman–Crippen LogP) is 3.40. The lowest BCUT2D eigenvalue weighted by atomic mass is 10.0. The van der Waals surface area contributed by atoms with Gasteiger partial charge in [-0.3, -0.25) is 4.79 Å². The van der Waals surface area contributed by atoms with Crippen LogP contribution < -0.4 is 4.74 Å². The lowest BCUT2D eigenvalue weighted by Gasteiger charge is -2.07. The second-order valence-corrected chi connectivity index (χ2v) is 4.08. The van der Waals surface area contributed by atoms with Crippen LogP contribution in [0.2, 0.25) is 0 Å². The number of carbonyl (C=O) groups excluding carboxylic acids is 1. The summed E-state index contributed by atoms with van der Waals surface area (Å²) in [5.74, 6) is 1.11. The second-order valence-electron chi connectivity index (χ2n) is 3.02. The maximum atomic E-state index is 11.7. The average Bonchev–Trinajstić information content (AvgIpc) is 2.28. The van der Waals surface area contributed by atoms with Crippen molar-refractivity contribution in [1.82, 2.24) is 0 Å². The Morgan fingerprint density at radius 2 is 2.27 bits per heavy atom. The van der Waals surface area contributed by atoms with E-state index in [9.17, 15) is 4.79 Å². The molecule has 2 nitrogen and oxygen atoms in total. The third kappa shape index (κ3) is 3.21. The molecule has 0 aliphatic heterocycles. The molecule has 82 valence electrons. The largest absolute Gasteiger partial charge is 0.497 e. The highest BCUT2D eigenvalue weighted by Crippen LogP contribution is 2.20.